The number of carboxylic acids is 2. The SMILES string of the molecule is CC(=O)O.CCCCCCCCCCCCCCCC(=O)N[C@H](C(=O)NCC(=O)N[C@H](C(=O)N[C@@H](C)C(=O)N1CCC[C@H]1C(=O)NCC(=O)O)C(C)C)C(C)C. The van der Waals surface area contributed by atoms with Crippen LogP contribution in [0, 0.1) is 11.8 Å². The second kappa shape index (κ2) is 30.0. The standard InChI is InChI=1S/C38H68N6O8.C2H4O2/c1-7-8-9-10-11-12-13-14-15-16-17-18-19-22-30(45)42-33(26(2)3)36(50)39-24-31(46)43-34(27(4)5)37(51)41-28(6)38(52)44-23-20-21-29(44)35(49)40-25-32(47)48;1-2(3)4/h26-29,33-34H,7-25H2,1-6H3,(H,39,50)(H,40,49)(H,41,51)(H,42,45)(H,43,46)(H,47,48);1H3,(H,3,4)/t28-,29-,33-,34-;/m0./s1. The van der Waals surface area contributed by atoms with Crippen molar-refractivity contribution in [2.75, 3.05) is 19.6 Å². The fourth-order valence-corrected chi connectivity index (χ4v) is 6.32. The zero-order chi connectivity index (χ0) is 42.6. The number of carboxylic acid groups (broad SMARTS) is 2. The molecule has 1 rings (SSSR count). The Kier molecular flexibility index (Phi) is 27.7. The average molecular weight is 797 g/mol. The number of carbonyl (C=O) groups excluding carboxylic acids is 6. The molecule has 322 valence electrons. The highest BCUT2D eigenvalue weighted by molar-refractivity contribution is 5.96. The molecule has 16 nitrogen and oxygen atoms in total. The van der Waals surface area contributed by atoms with Gasteiger partial charge in [-0.25, -0.2) is 0 Å². The highest BCUT2D eigenvalue weighted by atomic mass is 16.4. The molecule has 1 aliphatic heterocycles. The first-order valence-corrected chi connectivity index (χ1v) is 20.6. The predicted octanol–water partition coefficient (Wildman–Crippen LogP) is 3.65. The molecule has 0 radical (unpaired) electrons. The number of amides is 6. The highest BCUT2D eigenvalue weighted by Gasteiger charge is 2.37. The molecule has 0 aromatic rings. The van der Waals surface area contributed by atoms with Crippen molar-refractivity contribution in [3.63, 3.8) is 0 Å². The Bertz CT molecular complexity index is 1240. The van der Waals surface area contributed by atoms with Gasteiger partial charge in [0.2, 0.25) is 35.4 Å². The molecule has 56 heavy (non-hydrogen) atoms. The van der Waals surface area contributed by atoms with Gasteiger partial charge in [0, 0.05) is 19.9 Å². The fraction of sp³-hybridized carbons (Fsp3) is 0.800. The van der Waals surface area contributed by atoms with Crippen LogP contribution in [-0.2, 0) is 38.4 Å². The van der Waals surface area contributed by atoms with Gasteiger partial charge in [-0.15, -0.1) is 0 Å². The molecule has 6 amide bonds. The van der Waals surface area contributed by atoms with Gasteiger partial charge in [0.15, 0.2) is 0 Å². The molecular formula is C40H72N6O10. The molecule has 1 heterocycles. The van der Waals surface area contributed by atoms with Gasteiger partial charge in [-0.1, -0.05) is 112 Å². The van der Waals surface area contributed by atoms with Gasteiger partial charge < -0.3 is 41.7 Å². The van der Waals surface area contributed by atoms with Gasteiger partial charge in [0.25, 0.3) is 5.97 Å². The summed E-state index contributed by atoms with van der Waals surface area (Å²) in [5.41, 5.74) is 0. The lowest BCUT2D eigenvalue weighted by molar-refractivity contribution is -0.142. The van der Waals surface area contributed by atoms with E-state index in [1.807, 2.05) is 13.8 Å². The minimum atomic E-state index is -1.20. The lowest BCUT2D eigenvalue weighted by atomic mass is 10.0. The van der Waals surface area contributed by atoms with E-state index in [-0.39, 0.29) is 24.3 Å². The van der Waals surface area contributed by atoms with E-state index in [4.69, 9.17) is 15.0 Å². The summed E-state index contributed by atoms with van der Waals surface area (Å²) in [6, 6.07) is -3.70. The Morgan fingerprint density at radius 2 is 1.09 bits per heavy atom. The maximum absolute atomic E-state index is 13.2. The van der Waals surface area contributed by atoms with Crippen LogP contribution >= 0.6 is 0 Å². The smallest absolute Gasteiger partial charge is 0.322 e. The summed E-state index contributed by atoms with van der Waals surface area (Å²) in [7, 11) is 0. The number of likely N-dealkylation sites (tertiary alicyclic amines) is 1. The number of hydrogen-bond acceptors (Lipinski definition) is 8. The number of unbranched alkanes of at least 4 members (excludes halogenated alkanes) is 12. The minimum absolute atomic E-state index is 0.206. The van der Waals surface area contributed by atoms with Crippen molar-refractivity contribution in [3.8, 4) is 0 Å². The predicted molar refractivity (Wildman–Crippen MR) is 213 cm³/mol. The summed E-state index contributed by atoms with van der Waals surface area (Å²) < 4.78 is 0. The van der Waals surface area contributed by atoms with Crippen molar-refractivity contribution in [1.82, 2.24) is 31.5 Å². The van der Waals surface area contributed by atoms with Crippen molar-refractivity contribution in [1.29, 1.82) is 0 Å². The molecule has 0 spiro atoms. The maximum atomic E-state index is 13.2. The number of nitrogens with zero attached hydrogens (tertiary/aromatic N) is 1. The van der Waals surface area contributed by atoms with E-state index in [1.165, 1.54) is 76.0 Å². The Morgan fingerprint density at radius 3 is 1.57 bits per heavy atom. The molecule has 16 heteroatoms. The molecule has 0 unspecified atom stereocenters. The van der Waals surface area contributed by atoms with Crippen molar-refractivity contribution in [3.05, 3.63) is 0 Å². The van der Waals surface area contributed by atoms with Crippen LogP contribution in [0.25, 0.3) is 0 Å². The van der Waals surface area contributed by atoms with E-state index < -0.39 is 78.7 Å². The van der Waals surface area contributed by atoms with Gasteiger partial charge in [-0.2, -0.15) is 0 Å². The molecule has 7 N–H and O–H groups in total. The first kappa shape index (κ1) is 51.8. The van der Waals surface area contributed by atoms with Crippen LogP contribution in [0.1, 0.15) is 151 Å². The number of rotatable bonds is 27. The molecule has 0 aromatic carbocycles. The molecule has 1 fully saturated rings. The van der Waals surface area contributed by atoms with Crippen LogP contribution in [0.5, 0.6) is 0 Å². The third-order valence-corrected chi connectivity index (χ3v) is 9.44. The molecular weight excluding hydrogens is 724 g/mol. The topological polar surface area (TPSA) is 240 Å². The zero-order valence-electron chi connectivity index (χ0n) is 35.0. The highest BCUT2D eigenvalue weighted by Crippen LogP contribution is 2.19. The Labute approximate surface area is 333 Å². The van der Waals surface area contributed by atoms with Crippen LogP contribution in [0.4, 0.5) is 0 Å². The van der Waals surface area contributed by atoms with Gasteiger partial charge >= 0.3 is 5.97 Å². The van der Waals surface area contributed by atoms with E-state index >= 15 is 0 Å². The lowest BCUT2D eigenvalue weighted by Gasteiger charge is -2.29. The molecule has 0 saturated carbocycles. The van der Waals surface area contributed by atoms with E-state index in [0.717, 1.165) is 26.2 Å². The van der Waals surface area contributed by atoms with Crippen LogP contribution in [-0.4, -0.2) is 106 Å². The zero-order valence-corrected chi connectivity index (χ0v) is 35.0. The van der Waals surface area contributed by atoms with Crippen molar-refractivity contribution in [2.24, 2.45) is 11.8 Å². The second-order valence-electron chi connectivity index (χ2n) is 15.3. The van der Waals surface area contributed by atoms with Crippen molar-refractivity contribution < 1.29 is 48.6 Å². The number of carbonyl (C=O) groups is 8. The fourth-order valence-electron chi connectivity index (χ4n) is 6.32. The van der Waals surface area contributed by atoms with E-state index in [0.29, 0.717) is 19.3 Å². The van der Waals surface area contributed by atoms with Crippen LogP contribution in [0.15, 0.2) is 0 Å². The van der Waals surface area contributed by atoms with Crippen LogP contribution in [0.3, 0.4) is 0 Å². The first-order valence-electron chi connectivity index (χ1n) is 20.6. The summed E-state index contributed by atoms with van der Waals surface area (Å²) in [6.07, 6.45) is 17.0. The van der Waals surface area contributed by atoms with Crippen molar-refractivity contribution >= 4 is 47.4 Å². The Balaban J connectivity index is 0.00000718. The van der Waals surface area contributed by atoms with Crippen LogP contribution in [0.2, 0.25) is 0 Å². The third kappa shape index (κ3) is 23.6. The maximum Gasteiger partial charge on any atom is 0.322 e. The van der Waals surface area contributed by atoms with Gasteiger partial charge in [-0.3, -0.25) is 38.4 Å². The molecule has 0 aliphatic carbocycles. The summed E-state index contributed by atoms with van der Waals surface area (Å²) >= 11 is 0. The molecule has 4 atom stereocenters. The summed E-state index contributed by atoms with van der Waals surface area (Å²) in [5, 5.41) is 29.1. The summed E-state index contributed by atoms with van der Waals surface area (Å²) in [6.45, 7) is 11.2. The first-order chi connectivity index (χ1) is 26.4. The van der Waals surface area contributed by atoms with Gasteiger partial charge in [-0.05, 0) is 38.0 Å². The van der Waals surface area contributed by atoms with Crippen LogP contribution < -0.4 is 26.6 Å². The Morgan fingerprint density at radius 1 is 0.625 bits per heavy atom. The van der Waals surface area contributed by atoms with E-state index in [1.54, 1.807) is 13.8 Å². The quantitative estimate of drug-likeness (QED) is 0.0596. The molecule has 1 saturated heterocycles. The Hall–Kier alpha value is -4.24. The summed E-state index contributed by atoms with van der Waals surface area (Å²) in [4.78, 5) is 98.3. The van der Waals surface area contributed by atoms with Gasteiger partial charge in [0.05, 0.1) is 6.54 Å². The normalized spacial score (nSPS) is 15.2. The number of hydrogen-bond donors (Lipinski definition) is 7. The largest absolute Gasteiger partial charge is 0.481 e. The minimum Gasteiger partial charge on any atom is -0.481 e. The van der Waals surface area contributed by atoms with Gasteiger partial charge in [0.1, 0.15) is 30.7 Å². The summed E-state index contributed by atoms with van der Waals surface area (Å²) in [5.74, 6) is -5.62. The lowest BCUT2D eigenvalue weighted by Crippen LogP contribution is -2.58. The van der Waals surface area contributed by atoms with Crippen molar-refractivity contribution in [2.45, 2.75) is 175 Å². The second-order valence-corrected chi connectivity index (χ2v) is 15.3. The average Bonchev–Trinajstić information content (AvgIpc) is 3.62. The number of aliphatic carboxylic acids is 2. The monoisotopic (exact) mass is 797 g/mol. The van der Waals surface area contributed by atoms with E-state index in [2.05, 4.69) is 33.5 Å². The molecule has 0 aromatic heterocycles. The third-order valence-electron chi connectivity index (χ3n) is 9.44. The molecule has 0 bridgehead atoms. The number of nitrogens with one attached hydrogen (secondary N) is 5. The molecule has 1 aliphatic rings. The van der Waals surface area contributed by atoms with E-state index in [9.17, 15) is 33.6 Å².